The van der Waals surface area contributed by atoms with Crippen molar-refractivity contribution in [3.8, 4) is 0 Å². The molecule has 4 rings (SSSR count). The molecule has 5 nitrogen and oxygen atoms in total. The molecule has 0 spiro atoms. The Hall–Kier alpha value is -2.04. The number of benzene rings is 1. The zero-order valence-corrected chi connectivity index (χ0v) is 14.2. The van der Waals surface area contributed by atoms with Gasteiger partial charge in [0.15, 0.2) is 5.58 Å². The van der Waals surface area contributed by atoms with Crippen LogP contribution in [0.4, 0.5) is 6.01 Å². The lowest BCUT2D eigenvalue weighted by Crippen LogP contribution is -2.29. The van der Waals surface area contributed by atoms with Gasteiger partial charge in [0.25, 0.3) is 6.01 Å². The van der Waals surface area contributed by atoms with E-state index in [1.54, 1.807) is 0 Å². The summed E-state index contributed by atoms with van der Waals surface area (Å²) in [6.07, 6.45) is 10.9. The molecule has 2 aliphatic rings. The molecule has 132 valence electrons. The summed E-state index contributed by atoms with van der Waals surface area (Å²) in [5.74, 6) is 0. The Balaban J connectivity index is 0.000000196. The Labute approximate surface area is 144 Å². The van der Waals surface area contributed by atoms with Crippen LogP contribution in [0.1, 0.15) is 52.8 Å². The van der Waals surface area contributed by atoms with Crippen molar-refractivity contribution >= 4 is 23.5 Å². The van der Waals surface area contributed by atoms with E-state index in [-0.39, 0.29) is 1.43 Å². The van der Waals surface area contributed by atoms with Crippen molar-refractivity contribution in [1.82, 2.24) is 10.3 Å². The van der Waals surface area contributed by atoms with Crippen LogP contribution >= 0.6 is 0 Å². The van der Waals surface area contributed by atoms with E-state index >= 15 is 0 Å². The van der Waals surface area contributed by atoms with Crippen molar-refractivity contribution < 1.29 is 10.6 Å². The fourth-order valence-electron chi connectivity index (χ4n) is 3.45. The number of piperidine rings is 1. The number of aromatic nitrogens is 1. The number of oxazole rings is 1. The van der Waals surface area contributed by atoms with Crippen molar-refractivity contribution in [1.29, 1.82) is 0 Å². The van der Waals surface area contributed by atoms with Crippen molar-refractivity contribution in [2.45, 2.75) is 57.4 Å². The topological polar surface area (TPSA) is 58.4 Å². The van der Waals surface area contributed by atoms with Crippen LogP contribution in [0.25, 0.3) is 11.1 Å². The number of amides is 1. The van der Waals surface area contributed by atoms with Crippen LogP contribution in [0.2, 0.25) is 0 Å². The molecule has 1 aliphatic carbocycles. The Morgan fingerprint density at radius 2 is 1.79 bits per heavy atom. The number of hydrogen-bond donors (Lipinski definition) is 1. The highest BCUT2D eigenvalue weighted by Crippen LogP contribution is 2.24. The molecule has 1 saturated heterocycles. The lowest BCUT2D eigenvalue weighted by Gasteiger charge is -2.24. The molecular weight excluding hydrogens is 302 g/mol. The third kappa shape index (κ3) is 4.49. The van der Waals surface area contributed by atoms with Crippen LogP contribution in [-0.4, -0.2) is 30.5 Å². The molecule has 0 bridgehead atoms. The molecular formula is C19H29N3O2. The van der Waals surface area contributed by atoms with E-state index in [0.29, 0.717) is 6.04 Å². The average molecular weight is 331 g/mol. The quantitative estimate of drug-likeness (QED) is 0.859. The monoisotopic (exact) mass is 331 g/mol. The number of nitrogens with zero attached hydrogens (tertiary/aromatic N) is 2. The molecule has 0 radical (unpaired) electrons. The minimum absolute atomic E-state index is 0. The molecule has 2 aromatic rings. The van der Waals surface area contributed by atoms with Crippen LogP contribution in [0.15, 0.2) is 28.7 Å². The fraction of sp³-hybridized carbons (Fsp3) is 0.579. The highest BCUT2D eigenvalue weighted by atomic mass is 16.4. The van der Waals surface area contributed by atoms with Crippen molar-refractivity contribution in [3.63, 3.8) is 0 Å². The molecule has 5 heteroatoms. The third-order valence-corrected chi connectivity index (χ3v) is 4.82. The number of hydrogen-bond acceptors (Lipinski definition) is 4. The maximum Gasteiger partial charge on any atom is 0.298 e. The predicted molar refractivity (Wildman–Crippen MR) is 98.3 cm³/mol. The maximum atomic E-state index is 9.96. The summed E-state index contributed by atoms with van der Waals surface area (Å²) >= 11 is 0. The Kier molecular flexibility index (Phi) is 6.10. The third-order valence-electron chi connectivity index (χ3n) is 4.82. The van der Waals surface area contributed by atoms with E-state index in [1.165, 1.54) is 51.4 Å². The summed E-state index contributed by atoms with van der Waals surface area (Å²) < 4.78 is 5.72. The van der Waals surface area contributed by atoms with Gasteiger partial charge in [-0.05, 0) is 44.2 Å². The second-order valence-corrected chi connectivity index (χ2v) is 6.63. The summed E-state index contributed by atoms with van der Waals surface area (Å²) in [6, 6.07) is 9.20. The van der Waals surface area contributed by atoms with Gasteiger partial charge in [0.2, 0.25) is 6.41 Å². The normalized spacial score (nSPS) is 18.8. The van der Waals surface area contributed by atoms with Gasteiger partial charge in [-0.15, -0.1) is 0 Å². The summed E-state index contributed by atoms with van der Waals surface area (Å²) in [5.41, 5.74) is 1.84. The average Bonchev–Trinajstić information content (AvgIpc) is 3.08. The van der Waals surface area contributed by atoms with Crippen LogP contribution in [0.5, 0.6) is 0 Å². The summed E-state index contributed by atoms with van der Waals surface area (Å²) in [7, 11) is 0. The molecule has 1 aromatic heterocycles. The number of carbonyl (C=O) groups is 1. The Morgan fingerprint density at radius 3 is 2.50 bits per heavy atom. The smallest absolute Gasteiger partial charge is 0.298 e. The fourth-order valence-corrected chi connectivity index (χ4v) is 3.45. The van der Waals surface area contributed by atoms with Gasteiger partial charge in [-0.25, -0.2) is 0 Å². The van der Waals surface area contributed by atoms with Gasteiger partial charge in [0.05, 0.1) is 0 Å². The van der Waals surface area contributed by atoms with Gasteiger partial charge in [-0.1, -0.05) is 31.4 Å². The highest BCUT2D eigenvalue weighted by molar-refractivity contribution is 5.74. The zero-order valence-electron chi connectivity index (χ0n) is 14.2. The van der Waals surface area contributed by atoms with Gasteiger partial charge in [0.1, 0.15) is 5.52 Å². The van der Waals surface area contributed by atoms with E-state index in [4.69, 9.17) is 4.42 Å². The molecule has 0 unspecified atom stereocenters. The number of rotatable bonds is 3. The summed E-state index contributed by atoms with van der Waals surface area (Å²) in [4.78, 5) is 16.7. The highest BCUT2D eigenvalue weighted by Gasteiger charge is 2.16. The van der Waals surface area contributed by atoms with Crippen molar-refractivity contribution in [3.05, 3.63) is 24.3 Å². The summed E-state index contributed by atoms with van der Waals surface area (Å²) in [5, 5.41) is 2.80. The van der Waals surface area contributed by atoms with Crippen molar-refractivity contribution in [2.24, 2.45) is 0 Å². The number of anilines is 1. The van der Waals surface area contributed by atoms with E-state index in [2.05, 4.69) is 15.2 Å². The minimum Gasteiger partial charge on any atom is -0.423 e. The number of nitrogens with one attached hydrogen (secondary N) is 1. The van der Waals surface area contributed by atoms with Gasteiger partial charge in [-0.2, -0.15) is 4.98 Å². The Morgan fingerprint density at radius 1 is 1.08 bits per heavy atom. The van der Waals surface area contributed by atoms with E-state index < -0.39 is 0 Å². The van der Waals surface area contributed by atoms with Gasteiger partial charge >= 0.3 is 0 Å². The molecule has 2 fully saturated rings. The zero-order chi connectivity index (χ0) is 16.6. The van der Waals surface area contributed by atoms with Gasteiger partial charge < -0.3 is 14.6 Å². The number of para-hydroxylation sites is 2. The molecule has 1 saturated carbocycles. The molecule has 24 heavy (non-hydrogen) atoms. The van der Waals surface area contributed by atoms with Crippen molar-refractivity contribution in [2.75, 3.05) is 18.0 Å². The minimum atomic E-state index is 0. The van der Waals surface area contributed by atoms with Gasteiger partial charge in [-0.3, -0.25) is 4.79 Å². The van der Waals surface area contributed by atoms with E-state index in [1.807, 2.05) is 24.3 Å². The molecule has 2 heterocycles. The van der Waals surface area contributed by atoms with Crippen LogP contribution in [-0.2, 0) is 4.79 Å². The van der Waals surface area contributed by atoms with Crippen LogP contribution in [0.3, 0.4) is 0 Å². The van der Waals surface area contributed by atoms with E-state index in [0.717, 1.165) is 36.6 Å². The molecule has 1 amide bonds. The molecule has 1 aromatic carbocycles. The first kappa shape index (κ1) is 16.8. The lowest BCUT2D eigenvalue weighted by atomic mass is 9.96. The predicted octanol–water partition coefficient (Wildman–Crippen LogP) is 4.13. The first-order valence-corrected chi connectivity index (χ1v) is 9.17. The van der Waals surface area contributed by atoms with E-state index in [9.17, 15) is 4.79 Å². The number of fused-ring (bicyclic) bond motifs is 1. The number of carbonyl (C=O) groups excluding carboxylic acids is 1. The van der Waals surface area contributed by atoms with Gasteiger partial charge in [0, 0.05) is 20.6 Å². The second-order valence-electron chi connectivity index (χ2n) is 6.63. The SMILES string of the molecule is O=CNC1CCCCC1.[HH].c1ccc2oc(N3CCCCC3)nc2c1. The molecule has 1 aliphatic heterocycles. The van der Waals surface area contributed by atoms with Crippen LogP contribution in [0, 0.1) is 0 Å². The van der Waals surface area contributed by atoms with Crippen LogP contribution < -0.4 is 10.2 Å². The lowest BCUT2D eigenvalue weighted by molar-refractivity contribution is -0.110. The molecule has 0 atom stereocenters. The standard InChI is InChI=1S/C12H14N2O.C7H13NO.H2/c1-4-8-14(9-5-1)12-13-10-6-2-3-7-11(10)15-12;9-6-8-7-4-2-1-3-5-7;/h2-3,6-7H,1,4-5,8-9H2;6-7H,1-5H2,(H,8,9);1H. The Bertz CT molecular complexity index is 601. The maximum absolute atomic E-state index is 9.96. The second kappa shape index (κ2) is 8.71. The molecule has 1 N–H and O–H groups in total. The largest absolute Gasteiger partial charge is 0.423 e. The first-order valence-electron chi connectivity index (χ1n) is 9.17. The summed E-state index contributed by atoms with van der Waals surface area (Å²) in [6.45, 7) is 2.15. The first-order chi connectivity index (χ1) is 11.9.